The Hall–Kier alpha value is -1.83. The van der Waals surface area contributed by atoms with Crippen LogP contribution in [-0.2, 0) is 14.6 Å². The third kappa shape index (κ3) is 4.26. The number of nitrogens with one attached hydrogen (secondary N) is 1. The monoisotopic (exact) mass is 435 g/mol. The van der Waals surface area contributed by atoms with Crippen molar-refractivity contribution in [2.24, 2.45) is 0 Å². The number of amides is 1. The molecule has 28 heavy (non-hydrogen) atoms. The fourth-order valence-electron chi connectivity index (χ4n) is 3.33. The minimum absolute atomic E-state index is 0.0285. The highest BCUT2D eigenvalue weighted by Crippen LogP contribution is 2.37. The van der Waals surface area contributed by atoms with E-state index in [0.29, 0.717) is 12.8 Å². The lowest BCUT2D eigenvalue weighted by molar-refractivity contribution is -0.151. The van der Waals surface area contributed by atoms with Crippen molar-refractivity contribution in [3.05, 3.63) is 29.3 Å². The number of nitrogens with zero attached hydrogens (tertiary/aromatic N) is 2. The summed E-state index contributed by atoms with van der Waals surface area (Å²) >= 11 is 5.96. The fourth-order valence-corrected chi connectivity index (χ4v) is 5.58. The molecule has 1 aliphatic carbocycles. The van der Waals surface area contributed by atoms with Crippen LogP contribution in [0.1, 0.15) is 19.3 Å². The minimum atomic E-state index is -4.60. The molecule has 1 aromatic carbocycles. The Morgan fingerprint density at radius 3 is 2.54 bits per heavy atom. The molecule has 2 fully saturated rings. The van der Waals surface area contributed by atoms with Crippen molar-refractivity contribution in [3.8, 4) is 6.07 Å². The van der Waals surface area contributed by atoms with Crippen molar-refractivity contribution < 1.29 is 26.4 Å². The number of carbonyl (C=O) groups is 1. The maximum Gasteiger partial charge on any atom is 0.401 e. The molecule has 0 aromatic heterocycles. The Morgan fingerprint density at radius 1 is 1.36 bits per heavy atom. The molecule has 0 bridgehead atoms. The number of sulfone groups is 1. The molecule has 152 valence electrons. The number of halogens is 4. The van der Waals surface area contributed by atoms with Crippen LogP contribution < -0.4 is 5.32 Å². The summed E-state index contributed by atoms with van der Waals surface area (Å²) in [5, 5.41) is 10.3. The molecule has 3 rings (SSSR count). The molecule has 0 radical (unpaired) electrons. The summed E-state index contributed by atoms with van der Waals surface area (Å²) in [7, 11) is -4.04. The molecule has 1 saturated carbocycles. The SMILES string of the molecule is N#CC1(NC(=O)[C@@H]2C[C@@H](S(=O)(=O)c3ccccc3Cl)CN2CC(F)(F)F)CC1. The number of hydrogen-bond acceptors (Lipinski definition) is 5. The average molecular weight is 436 g/mol. The number of carbonyl (C=O) groups excluding carboxylic acids is 1. The summed E-state index contributed by atoms with van der Waals surface area (Å²) in [5.74, 6) is -0.764. The summed E-state index contributed by atoms with van der Waals surface area (Å²) < 4.78 is 64.7. The summed E-state index contributed by atoms with van der Waals surface area (Å²) in [6, 6.07) is 6.31. The van der Waals surface area contributed by atoms with Gasteiger partial charge in [0.1, 0.15) is 5.54 Å². The van der Waals surface area contributed by atoms with E-state index >= 15 is 0 Å². The lowest BCUT2D eigenvalue weighted by Crippen LogP contribution is -2.49. The first kappa shape index (κ1) is 20.9. The molecule has 11 heteroatoms. The third-order valence-electron chi connectivity index (χ3n) is 4.96. The van der Waals surface area contributed by atoms with Crippen molar-refractivity contribution in [3.63, 3.8) is 0 Å². The Bertz CT molecular complexity index is 926. The zero-order valence-electron chi connectivity index (χ0n) is 14.5. The van der Waals surface area contributed by atoms with Gasteiger partial charge in [-0.25, -0.2) is 8.42 Å². The lowest BCUT2D eigenvalue weighted by Gasteiger charge is -2.25. The van der Waals surface area contributed by atoms with Gasteiger partial charge in [-0.3, -0.25) is 9.69 Å². The summed E-state index contributed by atoms with van der Waals surface area (Å²) in [4.78, 5) is 13.2. The van der Waals surface area contributed by atoms with Gasteiger partial charge in [0.25, 0.3) is 0 Å². The Morgan fingerprint density at radius 2 is 2.00 bits per heavy atom. The van der Waals surface area contributed by atoms with Gasteiger partial charge in [0.05, 0.1) is 33.8 Å². The van der Waals surface area contributed by atoms with Crippen LogP contribution in [0.2, 0.25) is 5.02 Å². The number of hydrogen-bond donors (Lipinski definition) is 1. The molecule has 1 saturated heterocycles. The van der Waals surface area contributed by atoms with E-state index in [2.05, 4.69) is 5.32 Å². The van der Waals surface area contributed by atoms with E-state index in [1.54, 1.807) is 6.07 Å². The average Bonchev–Trinajstić information content (AvgIpc) is 3.24. The van der Waals surface area contributed by atoms with E-state index < -0.39 is 51.8 Å². The summed E-state index contributed by atoms with van der Waals surface area (Å²) in [5.41, 5.74) is -1.05. The molecule has 6 nitrogen and oxygen atoms in total. The van der Waals surface area contributed by atoms with Crippen LogP contribution in [0.15, 0.2) is 29.2 Å². The molecule has 0 spiro atoms. The highest BCUT2D eigenvalue weighted by Gasteiger charge is 2.51. The van der Waals surface area contributed by atoms with Crippen LogP contribution in [0.3, 0.4) is 0 Å². The molecule has 1 amide bonds. The fraction of sp³-hybridized carbons (Fsp3) is 0.529. The first-order valence-corrected chi connectivity index (χ1v) is 10.4. The number of alkyl halides is 3. The van der Waals surface area contributed by atoms with Gasteiger partial charge < -0.3 is 5.32 Å². The maximum atomic E-state index is 13.0. The second-order valence-corrected chi connectivity index (χ2v) is 9.68. The predicted octanol–water partition coefficient (Wildman–Crippen LogP) is 2.29. The predicted molar refractivity (Wildman–Crippen MR) is 94.2 cm³/mol. The number of benzene rings is 1. The van der Waals surface area contributed by atoms with E-state index in [4.69, 9.17) is 16.9 Å². The quantitative estimate of drug-likeness (QED) is 0.766. The zero-order chi connectivity index (χ0) is 20.7. The van der Waals surface area contributed by atoms with Gasteiger partial charge in [0.2, 0.25) is 5.91 Å². The number of rotatable bonds is 5. The van der Waals surface area contributed by atoms with Gasteiger partial charge in [-0.15, -0.1) is 0 Å². The molecule has 1 heterocycles. The van der Waals surface area contributed by atoms with Crippen molar-refractivity contribution in [1.82, 2.24) is 10.2 Å². The zero-order valence-corrected chi connectivity index (χ0v) is 16.1. The molecule has 1 aromatic rings. The molecular weight excluding hydrogens is 419 g/mol. The highest BCUT2D eigenvalue weighted by atomic mass is 35.5. The van der Waals surface area contributed by atoms with Crippen LogP contribution in [0.4, 0.5) is 13.2 Å². The summed E-state index contributed by atoms with van der Waals surface area (Å²) in [6.45, 7) is -1.87. The molecule has 1 aliphatic heterocycles. The van der Waals surface area contributed by atoms with Gasteiger partial charge in [0.15, 0.2) is 9.84 Å². The van der Waals surface area contributed by atoms with Crippen molar-refractivity contribution in [2.45, 2.75) is 47.2 Å². The Labute approximate surface area is 165 Å². The second kappa shape index (κ2) is 7.21. The largest absolute Gasteiger partial charge is 0.401 e. The first-order chi connectivity index (χ1) is 13.0. The normalized spacial score (nSPS) is 24.5. The van der Waals surface area contributed by atoms with E-state index in [0.717, 1.165) is 4.90 Å². The Balaban J connectivity index is 1.86. The Kier molecular flexibility index (Phi) is 5.38. The molecule has 2 aliphatic rings. The minimum Gasteiger partial charge on any atom is -0.336 e. The first-order valence-electron chi connectivity index (χ1n) is 8.50. The topological polar surface area (TPSA) is 90.3 Å². The number of likely N-dealkylation sites (tertiary alicyclic amines) is 1. The number of nitriles is 1. The van der Waals surface area contributed by atoms with E-state index in [9.17, 15) is 26.4 Å². The van der Waals surface area contributed by atoms with Gasteiger partial charge in [0, 0.05) is 6.54 Å². The van der Waals surface area contributed by atoms with E-state index in [1.807, 2.05) is 6.07 Å². The molecule has 1 N–H and O–H groups in total. The van der Waals surface area contributed by atoms with Crippen LogP contribution in [0.5, 0.6) is 0 Å². The van der Waals surface area contributed by atoms with Crippen LogP contribution in [0, 0.1) is 11.3 Å². The molecule has 2 atom stereocenters. The van der Waals surface area contributed by atoms with Gasteiger partial charge in [-0.05, 0) is 31.4 Å². The molecular formula is C17H17ClF3N3O3S. The van der Waals surface area contributed by atoms with Crippen LogP contribution in [0.25, 0.3) is 0 Å². The highest BCUT2D eigenvalue weighted by molar-refractivity contribution is 7.92. The van der Waals surface area contributed by atoms with Crippen molar-refractivity contribution >= 4 is 27.3 Å². The standard InChI is InChI=1S/C17H17ClF3N3O3S/c18-12-3-1-2-4-14(12)28(26,27)11-7-13(24(8-11)10-17(19,20)21)15(25)23-16(9-22)5-6-16/h1-4,11,13H,5-8,10H2,(H,23,25)/t11-,13+/m1/s1. The van der Waals surface area contributed by atoms with Crippen molar-refractivity contribution in [2.75, 3.05) is 13.1 Å². The second-order valence-electron chi connectivity index (χ2n) is 7.08. The van der Waals surface area contributed by atoms with Gasteiger partial charge in [-0.1, -0.05) is 23.7 Å². The van der Waals surface area contributed by atoms with Gasteiger partial charge >= 0.3 is 6.18 Å². The van der Waals surface area contributed by atoms with Crippen molar-refractivity contribution in [1.29, 1.82) is 5.26 Å². The lowest BCUT2D eigenvalue weighted by atomic mass is 10.2. The van der Waals surface area contributed by atoms with E-state index in [1.165, 1.54) is 18.2 Å². The maximum absolute atomic E-state index is 13.0. The summed E-state index contributed by atoms with van der Waals surface area (Å²) in [6.07, 6.45) is -4.07. The third-order valence-corrected chi connectivity index (χ3v) is 7.59. The smallest absolute Gasteiger partial charge is 0.336 e. The van der Waals surface area contributed by atoms with Crippen LogP contribution in [-0.4, -0.2) is 55.3 Å². The molecule has 0 unspecified atom stereocenters. The van der Waals surface area contributed by atoms with E-state index in [-0.39, 0.29) is 16.3 Å². The van der Waals surface area contributed by atoms with Crippen LogP contribution >= 0.6 is 11.6 Å². The van der Waals surface area contributed by atoms with Gasteiger partial charge in [-0.2, -0.15) is 18.4 Å².